The Morgan fingerprint density at radius 1 is 1.67 bits per heavy atom. The summed E-state index contributed by atoms with van der Waals surface area (Å²) in [7, 11) is 0. The van der Waals surface area contributed by atoms with Crippen LogP contribution >= 0.6 is 27.3 Å². The normalized spacial score (nSPS) is 25.7. The molecule has 0 unspecified atom stereocenters. The molecule has 0 aliphatic carbocycles. The van der Waals surface area contributed by atoms with Crippen molar-refractivity contribution in [1.82, 2.24) is 5.32 Å². The molecule has 0 spiro atoms. The van der Waals surface area contributed by atoms with Gasteiger partial charge in [0.25, 0.3) is 0 Å². The molecule has 2 rings (SSSR count). The summed E-state index contributed by atoms with van der Waals surface area (Å²) in [5.74, 6) is -0.732. The molecule has 1 aliphatic heterocycles. The van der Waals surface area contributed by atoms with Crippen molar-refractivity contribution in [1.29, 1.82) is 0 Å². The van der Waals surface area contributed by atoms with Crippen molar-refractivity contribution in [3.63, 3.8) is 0 Å². The van der Waals surface area contributed by atoms with Gasteiger partial charge in [-0.1, -0.05) is 0 Å². The van der Waals surface area contributed by atoms with Crippen molar-refractivity contribution in [2.24, 2.45) is 0 Å². The molecule has 3 nitrogen and oxygen atoms in total. The van der Waals surface area contributed by atoms with Gasteiger partial charge in [-0.3, -0.25) is 4.79 Å². The molecule has 1 aliphatic rings. The lowest BCUT2D eigenvalue weighted by Crippen LogP contribution is -2.49. The summed E-state index contributed by atoms with van der Waals surface area (Å²) in [4.78, 5) is 12.4. The van der Waals surface area contributed by atoms with Crippen LogP contribution in [-0.2, 0) is 11.2 Å². The molecule has 5 heteroatoms. The molecule has 82 valence electrons. The number of carboxylic acids is 1. The summed E-state index contributed by atoms with van der Waals surface area (Å²) in [6.45, 7) is 0.804. The second-order valence-corrected chi connectivity index (χ2v) is 6.35. The van der Waals surface area contributed by atoms with E-state index in [1.165, 1.54) is 0 Å². The van der Waals surface area contributed by atoms with E-state index >= 15 is 0 Å². The number of rotatable bonds is 3. The fourth-order valence-corrected chi connectivity index (χ4v) is 3.56. The van der Waals surface area contributed by atoms with Gasteiger partial charge in [-0.2, -0.15) is 0 Å². The smallest absolute Gasteiger partial charge is 0.324 e. The van der Waals surface area contributed by atoms with Gasteiger partial charge in [0.05, 0.1) is 3.79 Å². The SMILES string of the molecule is O=C(O)[C@]1(Cc2ccc(Br)s2)CCCN1. The molecule has 15 heavy (non-hydrogen) atoms. The van der Waals surface area contributed by atoms with E-state index in [9.17, 15) is 9.90 Å². The summed E-state index contributed by atoms with van der Waals surface area (Å²) < 4.78 is 1.05. The fraction of sp³-hybridized carbons (Fsp3) is 0.500. The molecule has 1 aromatic heterocycles. The van der Waals surface area contributed by atoms with Crippen molar-refractivity contribution < 1.29 is 9.90 Å². The topological polar surface area (TPSA) is 49.3 Å². The Balaban J connectivity index is 2.17. The second kappa shape index (κ2) is 4.23. The van der Waals surface area contributed by atoms with Gasteiger partial charge in [0.2, 0.25) is 0 Å². The predicted molar refractivity (Wildman–Crippen MR) is 63.3 cm³/mol. The van der Waals surface area contributed by atoms with Gasteiger partial charge in [-0.15, -0.1) is 11.3 Å². The standard InChI is InChI=1S/C10H12BrNO2S/c11-8-3-2-7(15-8)6-10(9(13)14)4-1-5-12-10/h2-3,12H,1,4-6H2,(H,13,14)/t10-/m1/s1. The Hall–Kier alpha value is -0.390. The average Bonchev–Trinajstić information content (AvgIpc) is 2.77. The van der Waals surface area contributed by atoms with Crippen LogP contribution < -0.4 is 5.32 Å². The molecule has 1 saturated heterocycles. The maximum absolute atomic E-state index is 11.3. The quantitative estimate of drug-likeness (QED) is 0.897. The molecule has 1 atom stereocenters. The van der Waals surface area contributed by atoms with Gasteiger partial charge >= 0.3 is 5.97 Å². The Kier molecular flexibility index (Phi) is 3.13. The number of aliphatic carboxylic acids is 1. The van der Waals surface area contributed by atoms with E-state index in [1.54, 1.807) is 11.3 Å². The third kappa shape index (κ3) is 2.24. The summed E-state index contributed by atoms with van der Waals surface area (Å²) in [6.07, 6.45) is 2.25. The summed E-state index contributed by atoms with van der Waals surface area (Å²) in [5.41, 5.74) is -0.732. The number of carbonyl (C=O) groups is 1. The van der Waals surface area contributed by atoms with Gasteiger partial charge in [0, 0.05) is 11.3 Å². The average molecular weight is 290 g/mol. The maximum Gasteiger partial charge on any atom is 0.324 e. The first kappa shape index (κ1) is 11.1. The lowest BCUT2D eigenvalue weighted by atomic mass is 9.93. The zero-order valence-electron chi connectivity index (χ0n) is 8.12. The van der Waals surface area contributed by atoms with Crippen LogP contribution in [0.15, 0.2) is 15.9 Å². The Labute approximate surface area is 101 Å². The van der Waals surface area contributed by atoms with Gasteiger partial charge in [-0.25, -0.2) is 0 Å². The van der Waals surface area contributed by atoms with E-state index in [2.05, 4.69) is 21.2 Å². The van der Waals surface area contributed by atoms with Crippen LogP contribution in [0.25, 0.3) is 0 Å². The van der Waals surface area contributed by atoms with Crippen LogP contribution in [-0.4, -0.2) is 23.2 Å². The largest absolute Gasteiger partial charge is 0.480 e. The van der Waals surface area contributed by atoms with Crippen molar-refractivity contribution in [3.05, 3.63) is 20.8 Å². The zero-order valence-corrected chi connectivity index (χ0v) is 10.5. The molecule has 0 amide bonds. The van der Waals surface area contributed by atoms with E-state index in [0.717, 1.165) is 28.0 Å². The highest BCUT2D eigenvalue weighted by Gasteiger charge is 2.41. The lowest BCUT2D eigenvalue weighted by molar-refractivity contribution is -0.144. The van der Waals surface area contributed by atoms with Crippen LogP contribution in [0, 0.1) is 0 Å². The fourth-order valence-electron chi connectivity index (χ4n) is 1.96. The highest BCUT2D eigenvalue weighted by molar-refractivity contribution is 9.11. The molecule has 0 radical (unpaired) electrons. The third-order valence-electron chi connectivity index (χ3n) is 2.76. The number of halogens is 1. The number of thiophene rings is 1. The number of hydrogen-bond acceptors (Lipinski definition) is 3. The molecular formula is C10H12BrNO2S. The monoisotopic (exact) mass is 289 g/mol. The van der Waals surface area contributed by atoms with E-state index in [1.807, 2.05) is 12.1 Å². The predicted octanol–water partition coefficient (Wildman–Crippen LogP) is 2.26. The number of carboxylic acid groups (broad SMARTS) is 1. The van der Waals surface area contributed by atoms with Crippen LogP contribution in [0.2, 0.25) is 0 Å². The van der Waals surface area contributed by atoms with Crippen molar-refractivity contribution in [2.45, 2.75) is 24.8 Å². The van der Waals surface area contributed by atoms with E-state index in [-0.39, 0.29) is 0 Å². The van der Waals surface area contributed by atoms with Gasteiger partial charge in [0.15, 0.2) is 0 Å². The molecular weight excluding hydrogens is 278 g/mol. The molecule has 0 bridgehead atoms. The minimum absolute atomic E-state index is 0.582. The first-order valence-electron chi connectivity index (χ1n) is 4.85. The van der Waals surface area contributed by atoms with E-state index < -0.39 is 11.5 Å². The molecule has 0 saturated carbocycles. The van der Waals surface area contributed by atoms with Gasteiger partial charge in [0.1, 0.15) is 5.54 Å². The van der Waals surface area contributed by atoms with Crippen LogP contribution in [0.5, 0.6) is 0 Å². The summed E-state index contributed by atoms with van der Waals surface area (Å²) in [5, 5.41) is 12.4. The van der Waals surface area contributed by atoms with E-state index in [0.29, 0.717) is 6.42 Å². The summed E-state index contributed by atoms with van der Waals surface area (Å²) in [6, 6.07) is 3.95. The van der Waals surface area contributed by atoms with Crippen molar-refractivity contribution >= 4 is 33.2 Å². The van der Waals surface area contributed by atoms with Gasteiger partial charge < -0.3 is 10.4 Å². The molecule has 0 aromatic carbocycles. The highest BCUT2D eigenvalue weighted by atomic mass is 79.9. The summed E-state index contributed by atoms with van der Waals surface area (Å²) >= 11 is 4.99. The highest BCUT2D eigenvalue weighted by Crippen LogP contribution is 2.29. The first-order valence-corrected chi connectivity index (χ1v) is 6.46. The molecule has 2 N–H and O–H groups in total. The van der Waals surface area contributed by atoms with E-state index in [4.69, 9.17) is 0 Å². The Bertz CT molecular complexity index is 371. The molecule has 1 fully saturated rings. The number of nitrogens with one attached hydrogen (secondary N) is 1. The zero-order chi connectivity index (χ0) is 10.9. The number of hydrogen-bond donors (Lipinski definition) is 2. The van der Waals surface area contributed by atoms with Crippen LogP contribution in [0.1, 0.15) is 17.7 Å². The minimum atomic E-state index is -0.732. The first-order chi connectivity index (χ1) is 7.12. The van der Waals surface area contributed by atoms with Gasteiger partial charge in [-0.05, 0) is 47.4 Å². The third-order valence-corrected chi connectivity index (χ3v) is 4.38. The van der Waals surface area contributed by atoms with Crippen molar-refractivity contribution in [2.75, 3.05) is 6.54 Å². The minimum Gasteiger partial charge on any atom is -0.480 e. The maximum atomic E-state index is 11.3. The van der Waals surface area contributed by atoms with Crippen LogP contribution in [0.4, 0.5) is 0 Å². The lowest BCUT2D eigenvalue weighted by Gasteiger charge is -2.23. The Morgan fingerprint density at radius 2 is 2.47 bits per heavy atom. The van der Waals surface area contributed by atoms with Crippen molar-refractivity contribution in [3.8, 4) is 0 Å². The second-order valence-electron chi connectivity index (χ2n) is 3.80. The molecule has 1 aromatic rings. The molecule has 2 heterocycles. The van der Waals surface area contributed by atoms with Crippen LogP contribution in [0.3, 0.4) is 0 Å². The Morgan fingerprint density at radius 3 is 2.93 bits per heavy atom.